The van der Waals surface area contributed by atoms with Gasteiger partial charge in [0.2, 0.25) is 0 Å². The normalized spacial score (nSPS) is 27.9. The summed E-state index contributed by atoms with van der Waals surface area (Å²) in [6, 6.07) is 1.69. The molecule has 2 heterocycles. The van der Waals surface area contributed by atoms with Gasteiger partial charge in [0.05, 0.1) is 5.60 Å². The Morgan fingerprint density at radius 3 is 3.07 bits per heavy atom. The molecule has 1 aromatic heterocycles. The van der Waals surface area contributed by atoms with Crippen LogP contribution in [-0.2, 0) is 4.74 Å². The second kappa shape index (κ2) is 3.79. The molecule has 1 aliphatic rings. The summed E-state index contributed by atoms with van der Waals surface area (Å²) < 4.78 is 5.58. The quantitative estimate of drug-likeness (QED) is 0.768. The van der Waals surface area contributed by atoms with Crippen molar-refractivity contribution in [3.05, 3.63) is 24.0 Å². The van der Waals surface area contributed by atoms with Crippen LogP contribution in [0.25, 0.3) is 0 Å². The predicted octanol–water partition coefficient (Wildman–Crippen LogP) is 1.27. The highest BCUT2D eigenvalue weighted by Gasteiger charge is 2.39. The molecule has 0 bridgehead atoms. The maximum Gasteiger partial charge on any atom is 0.111 e. The molecule has 0 spiro atoms. The Kier molecular flexibility index (Phi) is 2.63. The standard InChI is InChI=1S/C11H16N2O2/c1-11(4-2-6-15-11)10(14)8-7-13-5-3-9(8)12/h3,5,7,10,14H,2,4,6H2,1H3,(H2,12,13). The van der Waals surface area contributed by atoms with Gasteiger partial charge in [0.15, 0.2) is 0 Å². The molecule has 2 atom stereocenters. The highest BCUT2D eigenvalue weighted by molar-refractivity contribution is 5.46. The van der Waals surface area contributed by atoms with Crippen molar-refractivity contribution in [3.8, 4) is 0 Å². The summed E-state index contributed by atoms with van der Waals surface area (Å²) in [7, 11) is 0. The number of anilines is 1. The van der Waals surface area contributed by atoms with Gasteiger partial charge in [-0.05, 0) is 25.8 Å². The van der Waals surface area contributed by atoms with Crippen molar-refractivity contribution in [2.75, 3.05) is 12.3 Å². The molecule has 0 aliphatic carbocycles. The molecule has 1 saturated heterocycles. The van der Waals surface area contributed by atoms with Gasteiger partial charge >= 0.3 is 0 Å². The smallest absolute Gasteiger partial charge is 0.111 e. The van der Waals surface area contributed by atoms with Crippen LogP contribution in [0.4, 0.5) is 5.69 Å². The van der Waals surface area contributed by atoms with Gasteiger partial charge in [-0.2, -0.15) is 0 Å². The number of pyridine rings is 1. The van der Waals surface area contributed by atoms with Gasteiger partial charge in [-0.3, -0.25) is 4.98 Å². The van der Waals surface area contributed by atoms with Crippen molar-refractivity contribution < 1.29 is 9.84 Å². The molecule has 82 valence electrons. The molecule has 1 aliphatic heterocycles. The molecule has 0 radical (unpaired) electrons. The van der Waals surface area contributed by atoms with Crippen LogP contribution in [0.2, 0.25) is 0 Å². The van der Waals surface area contributed by atoms with Gasteiger partial charge in [-0.25, -0.2) is 0 Å². The highest BCUT2D eigenvalue weighted by Crippen LogP contribution is 2.38. The van der Waals surface area contributed by atoms with Crippen LogP contribution in [0, 0.1) is 0 Å². The van der Waals surface area contributed by atoms with Crippen molar-refractivity contribution in [2.45, 2.75) is 31.5 Å². The first-order chi connectivity index (χ1) is 7.13. The van der Waals surface area contributed by atoms with Crippen molar-refractivity contribution in [1.82, 2.24) is 4.98 Å². The Hall–Kier alpha value is -1.13. The first-order valence-electron chi connectivity index (χ1n) is 5.15. The summed E-state index contributed by atoms with van der Waals surface area (Å²) in [5, 5.41) is 10.2. The lowest BCUT2D eigenvalue weighted by Gasteiger charge is -2.29. The first kappa shape index (κ1) is 10.4. The van der Waals surface area contributed by atoms with Crippen molar-refractivity contribution in [1.29, 1.82) is 0 Å². The fourth-order valence-corrected chi connectivity index (χ4v) is 1.99. The summed E-state index contributed by atoms with van der Waals surface area (Å²) in [6.07, 6.45) is 4.35. The Labute approximate surface area is 89.1 Å². The molecule has 1 fully saturated rings. The van der Waals surface area contributed by atoms with E-state index in [0.29, 0.717) is 17.9 Å². The third-order valence-electron chi connectivity index (χ3n) is 3.01. The molecular formula is C11H16N2O2. The van der Waals surface area contributed by atoms with Gasteiger partial charge in [-0.1, -0.05) is 0 Å². The fourth-order valence-electron chi connectivity index (χ4n) is 1.99. The molecular weight excluding hydrogens is 192 g/mol. The number of aromatic nitrogens is 1. The van der Waals surface area contributed by atoms with Crippen LogP contribution in [0.15, 0.2) is 18.5 Å². The zero-order valence-corrected chi connectivity index (χ0v) is 8.81. The van der Waals surface area contributed by atoms with Crippen LogP contribution >= 0.6 is 0 Å². The van der Waals surface area contributed by atoms with E-state index in [1.165, 1.54) is 0 Å². The van der Waals surface area contributed by atoms with Gasteiger partial charge in [0.1, 0.15) is 6.10 Å². The van der Waals surface area contributed by atoms with Crippen molar-refractivity contribution >= 4 is 5.69 Å². The van der Waals surface area contributed by atoms with E-state index < -0.39 is 11.7 Å². The molecule has 2 unspecified atom stereocenters. The van der Waals surface area contributed by atoms with Crippen LogP contribution in [0.5, 0.6) is 0 Å². The largest absolute Gasteiger partial charge is 0.398 e. The zero-order chi connectivity index (χ0) is 10.9. The summed E-state index contributed by atoms with van der Waals surface area (Å²) in [6.45, 7) is 2.62. The number of hydrogen-bond acceptors (Lipinski definition) is 4. The van der Waals surface area contributed by atoms with Gasteiger partial charge in [-0.15, -0.1) is 0 Å². The summed E-state index contributed by atoms with van der Waals surface area (Å²) in [4.78, 5) is 3.97. The molecule has 15 heavy (non-hydrogen) atoms. The number of nitrogens with zero attached hydrogens (tertiary/aromatic N) is 1. The predicted molar refractivity (Wildman–Crippen MR) is 57.2 cm³/mol. The van der Waals surface area contributed by atoms with E-state index in [0.717, 1.165) is 12.8 Å². The Bertz CT molecular complexity index is 348. The number of nitrogens with two attached hydrogens (primary N) is 1. The average Bonchev–Trinajstić information content (AvgIpc) is 2.66. The number of hydrogen-bond donors (Lipinski definition) is 2. The Morgan fingerprint density at radius 1 is 1.67 bits per heavy atom. The summed E-state index contributed by atoms with van der Waals surface area (Å²) >= 11 is 0. The SMILES string of the molecule is CC1(C(O)c2cnccc2N)CCCO1. The first-order valence-corrected chi connectivity index (χ1v) is 5.15. The van der Waals surface area contributed by atoms with Gasteiger partial charge in [0.25, 0.3) is 0 Å². The summed E-state index contributed by atoms with van der Waals surface area (Å²) in [5.41, 5.74) is 6.49. The second-order valence-electron chi connectivity index (χ2n) is 4.17. The van der Waals surface area contributed by atoms with Gasteiger partial charge < -0.3 is 15.6 Å². The minimum Gasteiger partial charge on any atom is -0.398 e. The topological polar surface area (TPSA) is 68.4 Å². The molecule has 0 aromatic carbocycles. The minimum absolute atomic E-state index is 0.517. The number of rotatable bonds is 2. The lowest BCUT2D eigenvalue weighted by atomic mass is 9.90. The molecule has 0 amide bonds. The van der Waals surface area contributed by atoms with E-state index >= 15 is 0 Å². The van der Waals surface area contributed by atoms with Gasteiger partial charge in [0, 0.05) is 30.3 Å². The molecule has 0 saturated carbocycles. The highest BCUT2D eigenvalue weighted by atomic mass is 16.5. The van der Waals surface area contributed by atoms with Crippen molar-refractivity contribution in [3.63, 3.8) is 0 Å². The lowest BCUT2D eigenvalue weighted by molar-refractivity contribution is -0.0794. The molecule has 4 heteroatoms. The maximum atomic E-state index is 10.2. The van der Waals surface area contributed by atoms with Crippen LogP contribution < -0.4 is 5.73 Å². The van der Waals surface area contributed by atoms with E-state index in [9.17, 15) is 5.11 Å². The monoisotopic (exact) mass is 208 g/mol. The fraction of sp³-hybridized carbons (Fsp3) is 0.545. The van der Waals surface area contributed by atoms with E-state index in [2.05, 4.69) is 4.98 Å². The molecule has 3 N–H and O–H groups in total. The maximum absolute atomic E-state index is 10.2. The van der Waals surface area contributed by atoms with Crippen LogP contribution in [0.1, 0.15) is 31.4 Å². The van der Waals surface area contributed by atoms with Crippen molar-refractivity contribution in [2.24, 2.45) is 0 Å². The van der Waals surface area contributed by atoms with E-state index in [-0.39, 0.29) is 0 Å². The Morgan fingerprint density at radius 2 is 2.47 bits per heavy atom. The van der Waals surface area contributed by atoms with E-state index in [1.54, 1.807) is 18.5 Å². The molecule has 1 aromatic rings. The third-order valence-corrected chi connectivity index (χ3v) is 3.01. The average molecular weight is 208 g/mol. The van der Waals surface area contributed by atoms with E-state index in [1.807, 2.05) is 6.92 Å². The molecule has 4 nitrogen and oxygen atoms in total. The lowest BCUT2D eigenvalue weighted by Crippen LogP contribution is -2.32. The number of ether oxygens (including phenoxy) is 1. The van der Waals surface area contributed by atoms with Crippen LogP contribution in [-0.4, -0.2) is 22.3 Å². The third kappa shape index (κ3) is 1.82. The van der Waals surface area contributed by atoms with Crippen LogP contribution in [0.3, 0.4) is 0 Å². The summed E-state index contributed by atoms with van der Waals surface area (Å²) in [5.74, 6) is 0. The number of aliphatic hydroxyl groups excluding tert-OH is 1. The van der Waals surface area contributed by atoms with E-state index in [4.69, 9.17) is 10.5 Å². The number of aliphatic hydroxyl groups is 1. The number of nitrogen functional groups attached to an aromatic ring is 1. The second-order valence-corrected chi connectivity index (χ2v) is 4.17. The zero-order valence-electron chi connectivity index (χ0n) is 8.81. The molecule has 2 rings (SSSR count). The minimum atomic E-state index is -0.700. The Balaban J connectivity index is 2.27.